The van der Waals surface area contributed by atoms with Gasteiger partial charge in [0.1, 0.15) is 5.54 Å². The van der Waals surface area contributed by atoms with Gasteiger partial charge >= 0.3 is 0 Å². The van der Waals surface area contributed by atoms with E-state index in [0.29, 0.717) is 0 Å². The molecule has 7 heteroatoms. The van der Waals surface area contributed by atoms with Crippen LogP contribution in [-0.4, -0.2) is 60.7 Å². The molecule has 5 aromatic carbocycles. The van der Waals surface area contributed by atoms with Crippen molar-refractivity contribution < 1.29 is 9.15 Å². The molecule has 0 aliphatic carbocycles. The number of hydrogen-bond donors (Lipinski definition) is 0. The Hall–Kier alpha value is -6.08. The number of hydrogen-bond acceptors (Lipinski definition) is 3. The lowest BCUT2D eigenvalue weighted by atomic mass is 9.85. The van der Waals surface area contributed by atoms with Gasteiger partial charge in [0.2, 0.25) is 18.3 Å². The van der Waals surface area contributed by atoms with Crippen LogP contribution in [0.4, 0.5) is 5.69 Å². The molecule has 230 valence electrons. The maximum atomic E-state index is 5.17. The number of para-hydroxylation sites is 4. The fourth-order valence-electron chi connectivity index (χ4n) is 7.76. The summed E-state index contributed by atoms with van der Waals surface area (Å²) in [5, 5.41) is 0. The number of fused-ring (bicyclic) bond motifs is 13. The predicted octanol–water partition coefficient (Wildman–Crippen LogP) is 7.72. The van der Waals surface area contributed by atoms with E-state index in [1.54, 1.807) is 0 Å². The fraction of sp³-hybridized carbons (Fsp3) is 0.122. The predicted molar refractivity (Wildman–Crippen MR) is 195 cm³/mol. The first kappa shape index (κ1) is 27.1. The largest absolute Gasteiger partial charge is 0.356 e. The topological polar surface area (TPSA) is 43.8 Å². The van der Waals surface area contributed by atoms with E-state index in [1.165, 1.54) is 22.3 Å². The van der Waals surface area contributed by atoms with Gasteiger partial charge in [0, 0.05) is 17.1 Å². The molecule has 1 unspecified atom stereocenters. The van der Waals surface area contributed by atoms with E-state index in [0.717, 1.165) is 50.5 Å². The molecular weight excluding hydrogens is 591 g/mol. The lowest BCUT2D eigenvalue weighted by Crippen LogP contribution is -2.52. The first-order valence-corrected chi connectivity index (χ1v) is 16.4. The Kier molecular flexibility index (Phi) is 5.48. The summed E-state index contributed by atoms with van der Waals surface area (Å²) in [4.78, 5) is 11.9. The van der Waals surface area contributed by atoms with Crippen molar-refractivity contribution >= 4 is 58.1 Å². The zero-order valence-corrected chi connectivity index (χ0v) is 26.9. The van der Waals surface area contributed by atoms with Crippen molar-refractivity contribution in [2.45, 2.75) is 25.6 Å². The molecule has 7 nitrogen and oxygen atoms in total. The van der Waals surface area contributed by atoms with Gasteiger partial charge in [-0.2, -0.15) is 0 Å². The van der Waals surface area contributed by atoms with E-state index in [2.05, 4.69) is 177 Å². The number of imidazole rings is 2. The molecule has 1 atom stereocenters. The molecule has 7 aromatic rings. The summed E-state index contributed by atoms with van der Waals surface area (Å²) >= 11 is 0. The zero-order valence-electron chi connectivity index (χ0n) is 26.9. The van der Waals surface area contributed by atoms with Crippen LogP contribution in [-0.2, 0) is 0 Å². The zero-order chi connectivity index (χ0) is 32.1. The number of anilines is 1. The Labute approximate surface area is 278 Å². The quantitative estimate of drug-likeness (QED) is 0.146. The average molecular weight is 623 g/mol. The van der Waals surface area contributed by atoms with E-state index in [-0.39, 0.29) is 11.7 Å². The van der Waals surface area contributed by atoms with Crippen LogP contribution in [0.1, 0.15) is 19.4 Å². The van der Waals surface area contributed by atoms with Gasteiger partial charge in [-0.15, -0.1) is 0 Å². The van der Waals surface area contributed by atoms with Gasteiger partial charge < -0.3 is 4.90 Å². The highest BCUT2D eigenvalue weighted by Crippen LogP contribution is 2.47. The van der Waals surface area contributed by atoms with Crippen molar-refractivity contribution in [3.05, 3.63) is 127 Å². The van der Waals surface area contributed by atoms with E-state index in [1.807, 2.05) is 12.6 Å². The Morgan fingerprint density at radius 1 is 0.708 bits per heavy atom. The highest BCUT2D eigenvalue weighted by atomic mass is 15.4. The highest BCUT2D eigenvalue weighted by molar-refractivity contribution is 6.08. The summed E-state index contributed by atoms with van der Waals surface area (Å²) in [6.07, 6.45) is 10.1. The van der Waals surface area contributed by atoms with Gasteiger partial charge in [-0.25, -0.2) is 9.56 Å². The van der Waals surface area contributed by atoms with Crippen molar-refractivity contribution in [2.24, 2.45) is 4.99 Å². The molecule has 0 fully saturated rings. The average Bonchev–Trinajstić information content (AvgIpc) is 3.79. The number of rotatable bonds is 2. The molecule has 0 radical (unpaired) electrons. The van der Waals surface area contributed by atoms with Crippen LogP contribution in [0.5, 0.6) is 0 Å². The first-order valence-electron chi connectivity index (χ1n) is 16.4. The van der Waals surface area contributed by atoms with Gasteiger partial charge in [-0.1, -0.05) is 83.9 Å². The second-order valence-electron chi connectivity index (χ2n) is 13.3. The number of benzene rings is 5. The first-order chi connectivity index (χ1) is 23.5. The third-order valence-corrected chi connectivity index (χ3v) is 10.0. The normalized spacial score (nSPS) is 17.7. The van der Waals surface area contributed by atoms with E-state index in [9.17, 15) is 0 Å². The van der Waals surface area contributed by atoms with E-state index in [4.69, 9.17) is 4.98 Å². The van der Waals surface area contributed by atoms with Crippen LogP contribution in [0.2, 0.25) is 0 Å². The van der Waals surface area contributed by atoms with Gasteiger partial charge in [0.25, 0.3) is 12.5 Å². The lowest BCUT2D eigenvalue weighted by molar-refractivity contribution is -0.765. The SMILES string of the molecule is C[N+]1=CN=CC1[N+]1=[C-]N2C(=CC1(C)C)c1ccccc1-c1ccccc1-c1ccc(-n3c4ccccc4n4c5ccccc5nc34)cc12. The molecule has 5 heterocycles. The molecule has 0 N–H and O–H groups in total. The third-order valence-electron chi connectivity index (χ3n) is 10.0. The third kappa shape index (κ3) is 3.70. The van der Waals surface area contributed by atoms with Crippen LogP contribution in [0.15, 0.2) is 126 Å². The number of aromatic nitrogens is 3. The van der Waals surface area contributed by atoms with Crippen molar-refractivity contribution in [3.63, 3.8) is 0 Å². The molecular formula is C41H32N7+. The maximum absolute atomic E-state index is 5.17. The van der Waals surface area contributed by atoms with Gasteiger partial charge in [0.05, 0.1) is 29.1 Å². The highest BCUT2D eigenvalue weighted by Gasteiger charge is 2.39. The van der Waals surface area contributed by atoms with Gasteiger partial charge in [-0.3, -0.25) is 13.5 Å². The standard InChI is InChI=1S/C41H32N7/c1-41(2)23-38-31-15-7-6-13-29(31)28-12-4-5-14-30(28)32-21-20-27(22-37(32)45(38)26-46(41)39-24-42-25-44(39)3)47-35-18-10-11-19-36(35)48-34-17-9-8-16-33(34)43-40(47)48/h4-25,39H,1-3H3/q+1. The molecule has 0 amide bonds. The second-order valence-corrected chi connectivity index (χ2v) is 13.3. The molecule has 3 aliphatic heterocycles. The van der Waals surface area contributed by atoms with Crippen molar-refractivity contribution in [1.82, 2.24) is 14.0 Å². The van der Waals surface area contributed by atoms with Crippen LogP contribution >= 0.6 is 0 Å². The summed E-state index contributed by atoms with van der Waals surface area (Å²) in [5.74, 6) is 0.887. The summed E-state index contributed by atoms with van der Waals surface area (Å²) in [6, 6.07) is 41.2. The molecule has 3 aliphatic rings. The molecule has 0 bridgehead atoms. The fourth-order valence-corrected chi connectivity index (χ4v) is 7.76. The maximum Gasteiger partial charge on any atom is 0.284 e. The Morgan fingerprint density at radius 2 is 1.35 bits per heavy atom. The number of aliphatic imine (C=N–C) groups is 1. The Morgan fingerprint density at radius 3 is 2.10 bits per heavy atom. The Balaban J connectivity index is 1.30. The number of nitrogens with zero attached hydrogens (tertiary/aromatic N) is 7. The summed E-state index contributed by atoms with van der Waals surface area (Å²) in [6.45, 7) is 4.51. The minimum Gasteiger partial charge on any atom is -0.356 e. The summed E-state index contributed by atoms with van der Waals surface area (Å²) in [5.41, 5.74) is 13.1. The summed E-state index contributed by atoms with van der Waals surface area (Å²) in [7, 11) is 2.07. The van der Waals surface area contributed by atoms with Gasteiger partial charge in [-0.05, 0) is 84.1 Å². The summed E-state index contributed by atoms with van der Waals surface area (Å²) < 4.78 is 8.97. The molecule has 0 saturated heterocycles. The van der Waals surface area contributed by atoms with E-state index >= 15 is 0 Å². The Bertz CT molecular complexity index is 2630. The second kappa shape index (κ2) is 9.72. The van der Waals surface area contributed by atoms with Crippen molar-refractivity contribution in [1.29, 1.82) is 0 Å². The smallest absolute Gasteiger partial charge is 0.284 e. The van der Waals surface area contributed by atoms with Crippen LogP contribution < -0.4 is 4.90 Å². The molecule has 0 spiro atoms. The van der Waals surface area contributed by atoms with Crippen molar-refractivity contribution in [2.75, 3.05) is 11.9 Å². The van der Waals surface area contributed by atoms with Gasteiger partial charge in [0.15, 0.2) is 0 Å². The molecule has 0 saturated carbocycles. The van der Waals surface area contributed by atoms with Crippen LogP contribution in [0.25, 0.3) is 61.5 Å². The minimum atomic E-state index is -0.350. The molecule has 10 rings (SSSR count). The van der Waals surface area contributed by atoms with Crippen LogP contribution in [0, 0.1) is 0 Å². The monoisotopic (exact) mass is 622 g/mol. The van der Waals surface area contributed by atoms with Crippen LogP contribution in [0.3, 0.4) is 0 Å². The molecule has 48 heavy (non-hydrogen) atoms. The lowest BCUT2D eigenvalue weighted by Gasteiger charge is -2.41. The molecule has 2 aromatic heterocycles. The van der Waals surface area contributed by atoms with E-state index < -0.39 is 0 Å². The van der Waals surface area contributed by atoms with Crippen molar-refractivity contribution in [3.8, 4) is 27.9 Å². The minimum absolute atomic E-state index is 0.0669.